The Hall–Kier alpha value is -0.810. The molecule has 0 amide bonds. The van der Waals surface area contributed by atoms with Crippen LogP contribution in [0.3, 0.4) is 0 Å². The van der Waals surface area contributed by atoms with Crippen LogP contribution in [0.4, 0.5) is 0 Å². The normalized spacial score (nSPS) is 29.2. The van der Waals surface area contributed by atoms with E-state index in [4.69, 9.17) is 4.99 Å². The maximum absolute atomic E-state index is 4.77. The summed E-state index contributed by atoms with van der Waals surface area (Å²) < 4.78 is 0. The van der Waals surface area contributed by atoms with Gasteiger partial charge in [0.1, 0.15) is 0 Å². The molecule has 2 fully saturated rings. The first kappa shape index (κ1) is 16.6. The lowest BCUT2D eigenvalue weighted by Gasteiger charge is -2.33. The van der Waals surface area contributed by atoms with E-state index in [1.165, 1.54) is 32.6 Å². The van der Waals surface area contributed by atoms with E-state index in [0.717, 1.165) is 31.5 Å². The first-order chi connectivity index (χ1) is 10.1. The molecule has 21 heavy (non-hydrogen) atoms. The van der Waals surface area contributed by atoms with Crippen LogP contribution in [0.25, 0.3) is 0 Å². The highest BCUT2D eigenvalue weighted by atomic mass is 15.2. The summed E-state index contributed by atoms with van der Waals surface area (Å²) in [7, 11) is 2.21. The molecular weight excluding hydrogens is 262 g/mol. The molecular formula is C16H33N5. The third-order valence-corrected chi connectivity index (χ3v) is 4.50. The maximum atomic E-state index is 4.77. The number of aliphatic imine (C=N–C) groups is 1. The van der Waals surface area contributed by atoms with Crippen molar-refractivity contribution in [1.29, 1.82) is 0 Å². The summed E-state index contributed by atoms with van der Waals surface area (Å²) in [5.41, 5.74) is 0. The molecule has 0 aromatic carbocycles. The lowest BCUT2D eigenvalue weighted by atomic mass is 10.1. The predicted molar refractivity (Wildman–Crippen MR) is 89.8 cm³/mol. The molecule has 1 aliphatic carbocycles. The van der Waals surface area contributed by atoms with Crippen LogP contribution in [0.1, 0.15) is 27.2 Å². The molecule has 0 aromatic rings. The molecule has 0 radical (unpaired) electrons. The molecule has 2 N–H and O–H groups in total. The molecule has 3 atom stereocenters. The SMILES string of the molecule is CCNC(=NCC(C)CN1CCN(C)CC1)NC1CC1C. The van der Waals surface area contributed by atoms with Gasteiger partial charge in [0, 0.05) is 51.9 Å². The molecule has 1 heterocycles. The van der Waals surface area contributed by atoms with Crippen LogP contribution < -0.4 is 10.6 Å². The highest BCUT2D eigenvalue weighted by Gasteiger charge is 2.33. The van der Waals surface area contributed by atoms with E-state index in [2.05, 4.69) is 48.3 Å². The van der Waals surface area contributed by atoms with Crippen molar-refractivity contribution in [2.45, 2.75) is 33.2 Å². The lowest BCUT2D eigenvalue weighted by molar-refractivity contribution is 0.140. The number of likely N-dealkylation sites (N-methyl/N-ethyl adjacent to an activating group) is 1. The van der Waals surface area contributed by atoms with Gasteiger partial charge in [0.25, 0.3) is 0 Å². The summed E-state index contributed by atoms with van der Waals surface area (Å²) in [6, 6.07) is 0.635. The molecule has 3 unspecified atom stereocenters. The van der Waals surface area contributed by atoms with Crippen molar-refractivity contribution >= 4 is 5.96 Å². The van der Waals surface area contributed by atoms with Crippen LogP contribution in [0, 0.1) is 11.8 Å². The lowest BCUT2D eigenvalue weighted by Crippen LogP contribution is -2.46. The van der Waals surface area contributed by atoms with Crippen molar-refractivity contribution in [2.24, 2.45) is 16.8 Å². The van der Waals surface area contributed by atoms with Crippen molar-refractivity contribution in [1.82, 2.24) is 20.4 Å². The molecule has 0 aromatic heterocycles. The zero-order valence-electron chi connectivity index (χ0n) is 14.2. The van der Waals surface area contributed by atoms with Crippen LogP contribution in [0.15, 0.2) is 4.99 Å². The van der Waals surface area contributed by atoms with Crippen molar-refractivity contribution < 1.29 is 0 Å². The quantitative estimate of drug-likeness (QED) is 0.563. The molecule has 2 aliphatic rings. The second-order valence-electron chi connectivity index (χ2n) is 6.89. The summed E-state index contributed by atoms with van der Waals surface area (Å²) in [6.45, 7) is 14.5. The fraction of sp³-hybridized carbons (Fsp3) is 0.938. The number of hydrogen-bond acceptors (Lipinski definition) is 3. The van der Waals surface area contributed by atoms with Crippen LogP contribution in [0.2, 0.25) is 0 Å². The number of piperazine rings is 1. The van der Waals surface area contributed by atoms with Crippen molar-refractivity contribution in [2.75, 3.05) is 52.9 Å². The van der Waals surface area contributed by atoms with E-state index < -0.39 is 0 Å². The summed E-state index contributed by atoms with van der Waals surface area (Å²) >= 11 is 0. The topological polar surface area (TPSA) is 42.9 Å². The van der Waals surface area contributed by atoms with E-state index in [1.54, 1.807) is 0 Å². The molecule has 0 bridgehead atoms. The Labute approximate surface area is 130 Å². The maximum Gasteiger partial charge on any atom is 0.191 e. The Morgan fingerprint density at radius 2 is 1.95 bits per heavy atom. The fourth-order valence-corrected chi connectivity index (χ4v) is 2.79. The van der Waals surface area contributed by atoms with Crippen molar-refractivity contribution in [3.8, 4) is 0 Å². The first-order valence-corrected chi connectivity index (χ1v) is 8.54. The molecule has 1 saturated carbocycles. The minimum Gasteiger partial charge on any atom is -0.357 e. The van der Waals surface area contributed by atoms with E-state index in [-0.39, 0.29) is 0 Å². The third-order valence-electron chi connectivity index (χ3n) is 4.50. The van der Waals surface area contributed by atoms with Crippen LogP contribution in [-0.4, -0.2) is 74.7 Å². The number of guanidine groups is 1. The Kier molecular flexibility index (Phi) is 6.30. The van der Waals surface area contributed by atoms with Gasteiger partial charge in [0.05, 0.1) is 0 Å². The Morgan fingerprint density at radius 1 is 1.29 bits per heavy atom. The van der Waals surface area contributed by atoms with Gasteiger partial charge >= 0.3 is 0 Å². The van der Waals surface area contributed by atoms with Gasteiger partial charge in [-0.2, -0.15) is 0 Å². The molecule has 122 valence electrons. The number of hydrogen-bond donors (Lipinski definition) is 2. The minimum atomic E-state index is 0.612. The first-order valence-electron chi connectivity index (χ1n) is 8.54. The van der Waals surface area contributed by atoms with Gasteiger partial charge in [-0.1, -0.05) is 13.8 Å². The zero-order valence-corrected chi connectivity index (χ0v) is 14.2. The summed E-state index contributed by atoms with van der Waals surface area (Å²) in [5, 5.41) is 6.88. The van der Waals surface area contributed by atoms with E-state index in [1.807, 2.05) is 0 Å². The smallest absolute Gasteiger partial charge is 0.191 e. The summed E-state index contributed by atoms with van der Waals surface area (Å²) in [4.78, 5) is 9.74. The Bertz CT molecular complexity index is 336. The highest BCUT2D eigenvalue weighted by molar-refractivity contribution is 5.80. The van der Waals surface area contributed by atoms with Crippen molar-refractivity contribution in [3.05, 3.63) is 0 Å². The number of rotatable bonds is 6. The van der Waals surface area contributed by atoms with Crippen molar-refractivity contribution in [3.63, 3.8) is 0 Å². The Balaban J connectivity index is 1.71. The largest absolute Gasteiger partial charge is 0.357 e. The van der Waals surface area contributed by atoms with E-state index in [9.17, 15) is 0 Å². The van der Waals surface area contributed by atoms with E-state index >= 15 is 0 Å². The molecule has 1 aliphatic heterocycles. The van der Waals surface area contributed by atoms with Gasteiger partial charge in [0.2, 0.25) is 0 Å². The second-order valence-corrected chi connectivity index (χ2v) is 6.89. The van der Waals surface area contributed by atoms with Gasteiger partial charge in [0.15, 0.2) is 5.96 Å². The summed E-state index contributed by atoms with van der Waals surface area (Å²) in [6.07, 6.45) is 1.28. The van der Waals surface area contributed by atoms with Crippen LogP contribution in [0.5, 0.6) is 0 Å². The monoisotopic (exact) mass is 295 g/mol. The average Bonchev–Trinajstić information content (AvgIpc) is 3.14. The molecule has 5 heteroatoms. The third kappa shape index (κ3) is 5.83. The average molecular weight is 295 g/mol. The van der Waals surface area contributed by atoms with Gasteiger partial charge in [-0.25, -0.2) is 0 Å². The Morgan fingerprint density at radius 3 is 2.52 bits per heavy atom. The highest BCUT2D eigenvalue weighted by Crippen LogP contribution is 2.28. The van der Waals surface area contributed by atoms with Gasteiger partial charge in [-0.05, 0) is 32.2 Å². The van der Waals surface area contributed by atoms with Gasteiger partial charge in [-0.3, -0.25) is 4.99 Å². The molecule has 2 rings (SSSR count). The summed E-state index contributed by atoms with van der Waals surface area (Å²) in [5.74, 6) is 2.41. The molecule has 5 nitrogen and oxygen atoms in total. The standard InChI is InChI=1S/C16H33N5/c1-5-17-16(19-15-10-14(15)3)18-11-13(2)12-21-8-6-20(4)7-9-21/h13-15H,5-12H2,1-4H3,(H2,17,18,19). The second kappa shape index (κ2) is 7.99. The van der Waals surface area contributed by atoms with Gasteiger partial charge < -0.3 is 20.4 Å². The molecule has 1 saturated heterocycles. The fourth-order valence-electron chi connectivity index (χ4n) is 2.79. The number of nitrogens with zero attached hydrogens (tertiary/aromatic N) is 3. The minimum absolute atomic E-state index is 0.612. The number of nitrogens with one attached hydrogen (secondary N) is 2. The zero-order chi connectivity index (χ0) is 15.2. The van der Waals surface area contributed by atoms with Gasteiger partial charge in [-0.15, -0.1) is 0 Å². The van der Waals surface area contributed by atoms with Crippen LogP contribution in [-0.2, 0) is 0 Å². The predicted octanol–water partition coefficient (Wildman–Crippen LogP) is 0.833. The van der Waals surface area contributed by atoms with Crippen LogP contribution >= 0.6 is 0 Å². The molecule has 0 spiro atoms. The van der Waals surface area contributed by atoms with E-state index in [0.29, 0.717) is 12.0 Å².